The molecular formula is C34H38N2O. The third-order valence-corrected chi connectivity index (χ3v) is 7.48. The van der Waals surface area contributed by atoms with Crippen molar-refractivity contribution < 1.29 is 5.11 Å². The second-order valence-electron chi connectivity index (χ2n) is 11.2. The molecule has 0 saturated heterocycles. The molecule has 0 fully saturated rings. The Morgan fingerprint density at radius 3 is 1.86 bits per heavy atom. The number of benzene rings is 4. The molecule has 1 aliphatic carbocycles. The van der Waals surface area contributed by atoms with Gasteiger partial charge in [-0.2, -0.15) is 0 Å². The molecule has 0 aliphatic heterocycles. The molecule has 0 heterocycles. The van der Waals surface area contributed by atoms with Crippen LogP contribution in [0.3, 0.4) is 0 Å². The summed E-state index contributed by atoms with van der Waals surface area (Å²) in [6.45, 7) is 7.95. The van der Waals surface area contributed by atoms with Gasteiger partial charge >= 0.3 is 0 Å². The summed E-state index contributed by atoms with van der Waals surface area (Å²) in [6.07, 6.45) is 0.208. The molecule has 0 spiro atoms. The van der Waals surface area contributed by atoms with Gasteiger partial charge in [0.05, 0.1) is 12.1 Å². The van der Waals surface area contributed by atoms with E-state index in [-0.39, 0.29) is 17.5 Å². The summed E-state index contributed by atoms with van der Waals surface area (Å²) in [4.78, 5) is 0. The first-order valence-electron chi connectivity index (χ1n) is 13.4. The summed E-state index contributed by atoms with van der Waals surface area (Å²) >= 11 is 0. The first kappa shape index (κ1) is 25.4. The molecule has 5 rings (SSSR count). The highest BCUT2D eigenvalue weighted by atomic mass is 16.3. The summed E-state index contributed by atoms with van der Waals surface area (Å²) in [5.41, 5.74) is 9.04. The molecule has 4 aromatic rings. The topological polar surface area (TPSA) is 44.3 Å². The summed E-state index contributed by atoms with van der Waals surface area (Å²) in [7, 11) is 0. The Morgan fingerprint density at radius 2 is 1.27 bits per heavy atom. The number of hydrogen-bond acceptors (Lipinski definition) is 3. The van der Waals surface area contributed by atoms with Crippen molar-refractivity contribution >= 4 is 0 Å². The number of fused-ring (bicyclic) bond motifs is 3. The number of aliphatic hydroxyl groups excluding tert-OH is 1. The summed E-state index contributed by atoms with van der Waals surface area (Å²) in [6, 6.07) is 36.4. The Morgan fingerprint density at radius 1 is 0.703 bits per heavy atom. The molecule has 0 amide bonds. The average molecular weight is 491 g/mol. The first-order valence-corrected chi connectivity index (χ1v) is 13.4. The molecule has 0 unspecified atom stereocenters. The predicted molar refractivity (Wildman–Crippen MR) is 154 cm³/mol. The van der Waals surface area contributed by atoms with Crippen LogP contribution >= 0.6 is 0 Å². The van der Waals surface area contributed by atoms with E-state index >= 15 is 0 Å². The van der Waals surface area contributed by atoms with Crippen LogP contribution in [0.15, 0.2) is 103 Å². The lowest BCUT2D eigenvalue weighted by molar-refractivity contribution is 0.120. The van der Waals surface area contributed by atoms with E-state index in [0.717, 1.165) is 13.0 Å². The Kier molecular flexibility index (Phi) is 7.57. The van der Waals surface area contributed by atoms with Crippen LogP contribution in [0.2, 0.25) is 0 Å². The van der Waals surface area contributed by atoms with Gasteiger partial charge in [0.15, 0.2) is 0 Å². The van der Waals surface area contributed by atoms with Gasteiger partial charge in [0.1, 0.15) is 0 Å². The van der Waals surface area contributed by atoms with E-state index in [1.54, 1.807) is 0 Å². The van der Waals surface area contributed by atoms with E-state index in [0.29, 0.717) is 6.54 Å². The Hall–Kier alpha value is -3.24. The molecule has 0 radical (unpaired) electrons. The highest BCUT2D eigenvalue weighted by Crippen LogP contribution is 2.43. The Balaban J connectivity index is 1.31. The van der Waals surface area contributed by atoms with Gasteiger partial charge in [0.2, 0.25) is 0 Å². The SMILES string of the molecule is CC(C)(C)c1ccc(CNC[C@@H](O)[C@H](Cc2ccccc2)NC2c3ccccc3-c3ccccc32)cc1. The van der Waals surface area contributed by atoms with Crippen molar-refractivity contribution in [1.82, 2.24) is 10.6 Å². The molecule has 2 atom stereocenters. The van der Waals surface area contributed by atoms with Crippen LogP contribution < -0.4 is 10.6 Å². The zero-order chi connectivity index (χ0) is 25.8. The van der Waals surface area contributed by atoms with Crippen LogP contribution in [0.25, 0.3) is 11.1 Å². The van der Waals surface area contributed by atoms with E-state index in [2.05, 4.69) is 128 Å². The van der Waals surface area contributed by atoms with Gasteiger partial charge in [0.25, 0.3) is 0 Å². The van der Waals surface area contributed by atoms with Crippen LogP contribution in [0, 0.1) is 0 Å². The summed E-state index contributed by atoms with van der Waals surface area (Å²) in [5, 5.41) is 18.8. The molecule has 1 aliphatic rings. The predicted octanol–water partition coefficient (Wildman–Crippen LogP) is 6.41. The lowest BCUT2D eigenvalue weighted by atomic mass is 9.87. The van der Waals surface area contributed by atoms with E-state index in [9.17, 15) is 5.11 Å². The molecule has 37 heavy (non-hydrogen) atoms. The van der Waals surface area contributed by atoms with Gasteiger partial charge in [-0.15, -0.1) is 0 Å². The van der Waals surface area contributed by atoms with Crippen molar-refractivity contribution in [3.8, 4) is 11.1 Å². The molecule has 4 aromatic carbocycles. The number of aliphatic hydroxyl groups is 1. The standard InChI is InChI=1S/C34H38N2O/c1-34(2,3)26-19-17-25(18-20-26)22-35-23-32(37)31(21-24-11-5-4-6-12-24)36-33-29-15-9-7-13-27(29)28-14-8-10-16-30(28)33/h4-20,31-33,35-37H,21-23H2,1-3H3/t31-,32+/m0/s1. The van der Waals surface area contributed by atoms with Gasteiger partial charge in [0, 0.05) is 19.1 Å². The molecule has 3 nitrogen and oxygen atoms in total. The largest absolute Gasteiger partial charge is 0.390 e. The van der Waals surface area contributed by atoms with Crippen LogP contribution in [-0.4, -0.2) is 23.8 Å². The minimum absolute atomic E-state index is 0.0562. The Bertz CT molecular complexity index is 1260. The molecular weight excluding hydrogens is 452 g/mol. The fraction of sp³-hybridized carbons (Fsp3) is 0.294. The minimum atomic E-state index is -0.547. The molecule has 190 valence electrons. The number of rotatable bonds is 9. The molecule has 0 saturated carbocycles. The lowest BCUT2D eigenvalue weighted by Crippen LogP contribution is -2.47. The van der Waals surface area contributed by atoms with Crippen molar-refractivity contribution in [3.63, 3.8) is 0 Å². The Labute approximate surface area is 221 Å². The van der Waals surface area contributed by atoms with Gasteiger partial charge in [-0.1, -0.05) is 124 Å². The van der Waals surface area contributed by atoms with Crippen LogP contribution in [0.5, 0.6) is 0 Å². The molecule has 3 heteroatoms. The van der Waals surface area contributed by atoms with Gasteiger partial charge < -0.3 is 15.7 Å². The molecule has 0 aromatic heterocycles. The van der Waals surface area contributed by atoms with Crippen molar-refractivity contribution in [2.75, 3.05) is 6.54 Å². The van der Waals surface area contributed by atoms with Crippen molar-refractivity contribution in [2.45, 2.75) is 57.3 Å². The zero-order valence-electron chi connectivity index (χ0n) is 22.1. The highest BCUT2D eigenvalue weighted by Gasteiger charge is 2.31. The van der Waals surface area contributed by atoms with Crippen LogP contribution in [-0.2, 0) is 18.4 Å². The van der Waals surface area contributed by atoms with E-state index < -0.39 is 6.10 Å². The smallest absolute Gasteiger partial charge is 0.0820 e. The van der Waals surface area contributed by atoms with Gasteiger partial charge in [-0.05, 0) is 50.8 Å². The average Bonchev–Trinajstić information content (AvgIpc) is 3.22. The fourth-order valence-corrected chi connectivity index (χ4v) is 5.35. The lowest BCUT2D eigenvalue weighted by Gasteiger charge is -2.29. The van der Waals surface area contributed by atoms with Crippen LogP contribution in [0.1, 0.15) is 54.6 Å². The van der Waals surface area contributed by atoms with E-state index in [4.69, 9.17) is 0 Å². The number of nitrogens with one attached hydrogen (secondary N) is 2. The van der Waals surface area contributed by atoms with Crippen molar-refractivity contribution in [1.29, 1.82) is 0 Å². The quantitative estimate of drug-likeness (QED) is 0.254. The third-order valence-electron chi connectivity index (χ3n) is 7.48. The monoisotopic (exact) mass is 490 g/mol. The fourth-order valence-electron chi connectivity index (χ4n) is 5.35. The second-order valence-corrected chi connectivity index (χ2v) is 11.2. The van der Waals surface area contributed by atoms with Crippen LogP contribution in [0.4, 0.5) is 0 Å². The van der Waals surface area contributed by atoms with E-state index in [1.165, 1.54) is 38.9 Å². The maximum Gasteiger partial charge on any atom is 0.0820 e. The maximum absolute atomic E-state index is 11.4. The third kappa shape index (κ3) is 5.86. The zero-order valence-corrected chi connectivity index (χ0v) is 22.1. The first-order chi connectivity index (χ1) is 17.9. The van der Waals surface area contributed by atoms with Gasteiger partial charge in [-0.25, -0.2) is 0 Å². The van der Waals surface area contributed by atoms with E-state index in [1.807, 2.05) is 6.07 Å². The minimum Gasteiger partial charge on any atom is -0.390 e. The summed E-state index contributed by atoms with van der Waals surface area (Å²) < 4.78 is 0. The highest BCUT2D eigenvalue weighted by molar-refractivity contribution is 5.78. The molecule has 3 N–H and O–H groups in total. The summed E-state index contributed by atoms with van der Waals surface area (Å²) in [5.74, 6) is 0. The second kappa shape index (κ2) is 11.0. The maximum atomic E-state index is 11.4. The van der Waals surface area contributed by atoms with Crippen molar-refractivity contribution in [3.05, 3.63) is 131 Å². The molecule has 0 bridgehead atoms. The van der Waals surface area contributed by atoms with Gasteiger partial charge in [-0.3, -0.25) is 0 Å². The number of hydrogen-bond donors (Lipinski definition) is 3. The van der Waals surface area contributed by atoms with Crippen molar-refractivity contribution in [2.24, 2.45) is 0 Å². The normalized spacial score (nSPS) is 14.7.